The Morgan fingerprint density at radius 2 is 2.00 bits per heavy atom. The molecule has 0 N–H and O–H groups in total. The van der Waals surface area contributed by atoms with Gasteiger partial charge >= 0.3 is 5.43 Å². The second-order valence-corrected chi connectivity index (χ2v) is 4.62. The van der Waals surface area contributed by atoms with Gasteiger partial charge in [0.15, 0.2) is 9.93 Å². The minimum Gasteiger partial charge on any atom is -0.443 e. The molecule has 2 unspecified atom stereocenters. The van der Waals surface area contributed by atoms with Crippen LogP contribution in [0.4, 0.5) is 4.79 Å². The Hall–Kier alpha value is 0.340. The van der Waals surface area contributed by atoms with Crippen molar-refractivity contribution in [3.05, 3.63) is 0 Å². The molecule has 1 aliphatic rings. The molecule has 1 saturated carbocycles. The van der Waals surface area contributed by atoms with Gasteiger partial charge in [-0.15, -0.1) is 0 Å². The van der Waals surface area contributed by atoms with E-state index in [0.29, 0.717) is 6.42 Å². The molecule has 0 aromatic carbocycles. The van der Waals surface area contributed by atoms with Crippen LogP contribution in [0.5, 0.6) is 0 Å². The molecule has 2 atom stereocenters. The third kappa shape index (κ3) is 1.21. The van der Waals surface area contributed by atoms with Crippen molar-refractivity contribution in [1.29, 1.82) is 0 Å². The topological polar surface area (TPSA) is 26.3 Å². The highest BCUT2D eigenvalue weighted by Crippen LogP contribution is 2.66. The molecule has 0 spiro atoms. The Kier molecular flexibility index (Phi) is 2.54. The first kappa shape index (κ1) is 10.4. The standard InChI is InChI=1S/C7H9Cl3O2/c1-3-6(12-5(8)11)4(2)7(6,9)10/h4H,3H2,1-2H3. The smallest absolute Gasteiger partial charge is 0.404 e. The van der Waals surface area contributed by atoms with Gasteiger partial charge in [0, 0.05) is 17.5 Å². The fraction of sp³-hybridized carbons (Fsp3) is 0.857. The maximum absolute atomic E-state index is 10.5. The minimum absolute atomic E-state index is 0.0685. The van der Waals surface area contributed by atoms with E-state index in [1.807, 2.05) is 13.8 Å². The molecule has 0 aliphatic heterocycles. The summed E-state index contributed by atoms with van der Waals surface area (Å²) in [4.78, 5) is 10.5. The van der Waals surface area contributed by atoms with Crippen LogP contribution in [0.1, 0.15) is 20.3 Å². The Balaban J connectivity index is 2.76. The largest absolute Gasteiger partial charge is 0.443 e. The highest BCUT2D eigenvalue weighted by atomic mass is 35.5. The molecule has 70 valence electrons. The van der Waals surface area contributed by atoms with Gasteiger partial charge in [-0.3, -0.25) is 0 Å². The number of carbonyl (C=O) groups is 1. The Morgan fingerprint density at radius 1 is 1.58 bits per heavy atom. The molecule has 0 heterocycles. The average Bonchev–Trinajstić information content (AvgIpc) is 2.34. The molecule has 0 aromatic heterocycles. The van der Waals surface area contributed by atoms with Crippen LogP contribution in [0.15, 0.2) is 0 Å². The molecule has 5 heteroatoms. The van der Waals surface area contributed by atoms with Gasteiger partial charge in [-0.25, -0.2) is 4.79 Å². The lowest BCUT2D eigenvalue weighted by molar-refractivity contribution is 0.0908. The number of halogens is 3. The zero-order chi connectivity index (χ0) is 9.57. The van der Waals surface area contributed by atoms with Crippen LogP contribution in [0.3, 0.4) is 0 Å². The van der Waals surface area contributed by atoms with Gasteiger partial charge in [0.2, 0.25) is 0 Å². The van der Waals surface area contributed by atoms with Crippen molar-refractivity contribution in [2.75, 3.05) is 0 Å². The fourth-order valence-corrected chi connectivity index (χ4v) is 2.58. The lowest BCUT2D eigenvalue weighted by atomic mass is 10.2. The maximum Gasteiger partial charge on any atom is 0.404 e. The molecule has 1 fully saturated rings. The van der Waals surface area contributed by atoms with Crippen LogP contribution >= 0.6 is 34.8 Å². The lowest BCUT2D eigenvalue weighted by Gasteiger charge is -2.14. The van der Waals surface area contributed by atoms with Crippen molar-refractivity contribution in [3.8, 4) is 0 Å². The van der Waals surface area contributed by atoms with Gasteiger partial charge < -0.3 is 4.74 Å². The number of hydrogen-bond acceptors (Lipinski definition) is 2. The molecule has 0 saturated heterocycles. The summed E-state index contributed by atoms with van der Waals surface area (Å²) < 4.78 is 3.91. The normalized spacial score (nSPS) is 37.6. The lowest BCUT2D eigenvalue weighted by Crippen LogP contribution is -2.22. The van der Waals surface area contributed by atoms with E-state index in [2.05, 4.69) is 0 Å². The average molecular weight is 232 g/mol. The zero-order valence-electron chi connectivity index (χ0n) is 6.73. The minimum atomic E-state index is -0.980. The number of carbonyl (C=O) groups excluding carboxylic acids is 1. The first-order chi connectivity index (χ1) is 5.38. The summed E-state index contributed by atoms with van der Waals surface area (Å²) in [5.74, 6) is -0.0685. The van der Waals surface area contributed by atoms with E-state index < -0.39 is 15.4 Å². The summed E-state index contributed by atoms with van der Waals surface area (Å²) in [6.45, 7) is 3.67. The van der Waals surface area contributed by atoms with Crippen LogP contribution in [-0.4, -0.2) is 15.4 Å². The van der Waals surface area contributed by atoms with Crippen molar-refractivity contribution < 1.29 is 9.53 Å². The molecule has 1 aliphatic carbocycles. The Morgan fingerprint density at radius 3 is 2.08 bits per heavy atom. The van der Waals surface area contributed by atoms with E-state index >= 15 is 0 Å². The van der Waals surface area contributed by atoms with Crippen molar-refractivity contribution in [2.24, 2.45) is 5.92 Å². The quantitative estimate of drug-likeness (QED) is 0.538. The Labute approximate surface area is 86.1 Å². The van der Waals surface area contributed by atoms with Crippen molar-refractivity contribution >= 4 is 40.2 Å². The van der Waals surface area contributed by atoms with Crippen LogP contribution in [0, 0.1) is 5.92 Å². The van der Waals surface area contributed by atoms with Gasteiger partial charge in [-0.1, -0.05) is 37.0 Å². The van der Waals surface area contributed by atoms with Crippen LogP contribution in [0.2, 0.25) is 0 Å². The van der Waals surface area contributed by atoms with Gasteiger partial charge in [-0.05, 0) is 6.42 Å². The third-order valence-electron chi connectivity index (χ3n) is 2.51. The first-order valence-corrected chi connectivity index (χ1v) is 4.78. The van der Waals surface area contributed by atoms with Crippen molar-refractivity contribution in [1.82, 2.24) is 0 Å². The first-order valence-electron chi connectivity index (χ1n) is 3.64. The maximum atomic E-state index is 10.5. The molecule has 0 bridgehead atoms. The number of ether oxygens (including phenoxy) is 1. The second kappa shape index (κ2) is 2.93. The molecule has 2 nitrogen and oxygen atoms in total. The second-order valence-electron chi connectivity index (χ2n) is 2.93. The number of hydrogen-bond donors (Lipinski definition) is 0. The summed E-state index contributed by atoms with van der Waals surface area (Å²) in [5, 5.41) is 0. The molecule has 0 aromatic rings. The van der Waals surface area contributed by atoms with E-state index in [1.54, 1.807) is 0 Å². The predicted octanol–water partition coefficient (Wildman–Crippen LogP) is 3.33. The molecule has 1 rings (SSSR count). The molecular formula is C7H9Cl3O2. The van der Waals surface area contributed by atoms with Gasteiger partial charge in [0.1, 0.15) is 0 Å². The van der Waals surface area contributed by atoms with Gasteiger partial charge in [-0.2, -0.15) is 0 Å². The van der Waals surface area contributed by atoms with E-state index in [1.165, 1.54) is 0 Å². The molecular weight excluding hydrogens is 222 g/mol. The third-order valence-corrected chi connectivity index (χ3v) is 3.88. The highest BCUT2D eigenvalue weighted by Gasteiger charge is 2.76. The van der Waals surface area contributed by atoms with Crippen LogP contribution in [-0.2, 0) is 4.74 Å². The van der Waals surface area contributed by atoms with E-state index in [4.69, 9.17) is 39.5 Å². The SMILES string of the molecule is CCC1(OC(=O)Cl)C(C)C1(Cl)Cl. The summed E-state index contributed by atoms with van der Waals surface area (Å²) in [5.41, 5.74) is -1.64. The van der Waals surface area contributed by atoms with E-state index in [-0.39, 0.29) is 5.92 Å². The molecule has 0 amide bonds. The van der Waals surface area contributed by atoms with Gasteiger partial charge in [0.05, 0.1) is 0 Å². The monoisotopic (exact) mass is 230 g/mol. The van der Waals surface area contributed by atoms with Crippen LogP contribution < -0.4 is 0 Å². The number of alkyl halides is 2. The summed E-state index contributed by atoms with van der Waals surface area (Å²) >= 11 is 16.9. The molecule has 0 radical (unpaired) electrons. The van der Waals surface area contributed by atoms with E-state index in [9.17, 15) is 4.79 Å². The number of rotatable bonds is 2. The van der Waals surface area contributed by atoms with E-state index in [0.717, 1.165) is 0 Å². The van der Waals surface area contributed by atoms with Crippen LogP contribution in [0.25, 0.3) is 0 Å². The van der Waals surface area contributed by atoms with Gasteiger partial charge in [0.25, 0.3) is 0 Å². The molecule has 12 heavy (non-hydrogen) atoms. The summed E-state index contributed by atoms with van der Waals surface area (Å²) in [6.07, 6.45) is 0.569. The van der Waals surface area contributed by atoms with Crippen molar-refractivity contribution in [3.63, 3.8) is 0 Å². The Bertz CT molecular complexity index is 217. The highest BCUT2D eigenvalue weighted by molar-refractivity contribution is 6.61. The summed E-state index contributed by atoms with van der Waals surface area (Å²) in [7, 11) is 0. The fourth-order valence-electron chi connectivity index (χ4n) is 1.52. The summed E-state index contributed by atoms with van der Waals surface area (Å²) in [6, 6.07) is 0. The zero-order valence-corrected chi connectivity index (χ0v) is 9.00. The van der Waals surface area contributed by atoms with Crippen molar-refractivity contribution in [2.45, 2.75) is 30.2 Å². The predicted molar refractivity (Wildman–Crippen MR) is 49.0 cm³/mol.